The van der Waals surface area contributed by atoms with Gasteiger partial charge in [0.05, 0.1) is 18.4 Å². The second kappa shape index (κ2) is 8.68. The van der Waals surface area contributed by atoms with Crippen LogP contribution in [0.25, 0.3) is 12.2 Å². The second-order valence-electron chi connectivity index (χ2n) is 6.04. The molecule has 28 heavy (non-hydrogen) atoms. The van der Waals surface area contributed by atoms with Crippen LogP contribution in [-0.2, 0) is 0 Å². The van der Waals surface area contributed by atoms with Gasteiger partial charge in [0.2, 0.25) is 0 Å². The number of anilines is 1. The van der Waals surface area contributed by atoms with Gasteiger partial charge in [-0.15, -0.1) is 0 Å². The molecule has 1 amide bonds. The minimum Gasteiger partial charge on any atom is -0.497 e. The van der Waals surface area contributed by atoms with Crippen molar-refractivity contribution in [1.82, 2.24) is 0 Å². The van der Waals surface area contributed by atoms with E-state index in [4.69, 9.17) is 4.74 Å². The van der Waals surface area contributed by atoms with Crippen LogP contribution in [0.1, 0.15) is 31.8 Å². The molecular weight excluding hydrogens is 354 g/mol. The summed E-state index contributed by atoms with van der Waals surface area (Å²) in [7, 11) is 1.52. The van der Waals surface area contributed by atoms with Crippen molar-refractivity contribution in [2.24, 2.45) is 0 Å². The Bertz CT molecular complexity index is 1030. The summed E-state index contributed by atoms with van der Waals surface area (Å²) in [6, 6.07) is 21.2. The first-order valence-corrected chi connectivity index (χ1v) is 8.62. The SMILES string of the molecule is COc1cccc(C(=O)Nc2ccc(C=Cc3ccccc3)cc2C(=O)O)c1. The number of amides is 1. The Kier molecular flexibility index (Phi) is 5.87. The van der Waals surface area contributed by atoms with E-state index in [0.717, 1.165) is 11.1 Å². The molecule has 0 aliphatic rings. The van der Waals surface area contributed by atoms with E-state index in [1.165, 1.54) is 13.2 Å². The van der Waals surface area contributed by atoms with Crippen molar-refractivity contribution in [3.05, 3.63) is 95.1 Å². The minimum absolute atomic E-state index is 0.0199. The highest BCUT2D eigenvalue weighted by molar-refractivity contribution is 6.08. The van der Waals surface area contributed by atoms with Crippen molar-refractivity contribution >= 4 is 29.7 Å². The number of hydrogen-bond acceptors (Lipinski definition) is 3. The molecule has 0 heterocycles. The Labute approximate surface area is 162 Å². The van der Waals surface area contributed by atoms with Crippen LogP contribution in [-0.4, -0.2) is 24.1 Å². The molecule has 5 heteroatoms. The summed E-state index contributed by atoms with van der Waals surface area (Å²) in [5, 5.41) is 12.2. The Hall–Kier alpha value is -3.86. The minimum atomic E-state index is -1.11. The maximum atomic E-state index is 12.5. The first kappa shape index (κ1) is 18.9. The van der Waals surface area contributed by atoms with Gasteiger partial charge in [0.15, 0.2) is 0 Å². The Morgan fingerprint density at radius 2 is 1.64 bits per heavy atom. The molecule has 0 fully saturated rings. The van der Waals surface area contributed by atoms with E-state index in [1.54, 1.807) is 36.4 Å². The van der Waals surface area contributed by atoms with Gasteiger partial charge in [-0.25, -0.2) is 4.79 Å². The molecule has 0 saturated carbocycles. The van der Waals surface area contributed by atoms with Crippen LogP contribution in [0.4, 0.5) is 5.69 Å². The monoisotopic (exact) mass is 373 g/mol. The molecule has 0 unspecified atom stereocenters. The standard InChI is InChI=1S/C23H19NO4/c1-28-19-9-5-8-18(15-19)22(25)24-21-13-12-17(14-20(21)23(26)27)11-10-16-6-3-2-4-7-16/h2-15H,1H3,(H,24,25)(H,26,27). The fourth-order valence-electron chi connectivity index (χ4n) is 2.67. The number of rotatable bonds is 6. The highest BCUT2D eigenvalue weighted by atomic mass is 16.5. The van der Waals surface area contributed by atoms with Crippen molar-refractivity contribution in [1.29, 1.82) is 0 Å². The lowest BCUT2D eigenvalue weighted by Crippen LogP contribution is -2.15. The summed E-state index contributed by atoms with van der Waals surface area (Å²) in [5.74, 6) is -0.975. The molecule has 0 atom stereocenters. The molecule has 5 nitrogen and oxygen atoms in total. The number of methoxy groups -OCH3 is 1. The van der Waals surface area contributed by atoms with E-state index in [9.17, 15) is 14.7 Å². The van der Waals surface area contributed by atoms with Gasteiger partial charge in [-0.05, 0) is 41.5 Å². The van der Waals surface area contributed by atoms with Crippen LogP contribution in [0, 0.1) is 0 Å². The van der Waals surface area contributed by atoms with Crippen molar-refractivity contribution in [3.63, 3.8) is 0 Å². The average molecular weight is 373 g/mol. The predicted octanol–water partition coefficient (Wildman–Crippen LogP) is 4.82. The van der Waals surface area contributed by atoms with Gasteiger partial charge < -0.3 is 15.2 Å². The third-order valence-corrected chi connectivity index (χ3v) is 4.12. The lowest BCUT2D eigenvalue weighted by molar-refractivity contribution is 0.0698. The van der Waals surface area contributed by atoms with Gasteiger partial charge in [-0.1, -0.05) is 54.6 Å². The summed E-state index contributed by atoms with van der Waals surface area (Å²) < 4.78 is 5.11. The van der Waals surface area contributed by atoms with E-state index in [2.05, 4.69) is 5.32 Å². The zero-order valence-electron chi connectivity index (χ0n) is 15.3. The van der Waals surface area contributed by atoms with Crippen LogP contribution >= 0.6 is 0 Å². The van der Waals surface area contributed by atoms with Gasteiger partial charge in [0.25, 0.3) is 5.91 Å². The molecule has 0 saturated heterocycles. The molecule has 0 bridgehead atoms. The van der Waals surface area contributed by atoms with Gasteiger partial charge in [-0.2, -0.15) is 0 Å². The zero-order valence-corrected chi connectivity index (χ0v) is 15.3. The lowest BCUT2D eigenvalue weighted by Gasteiger charge is -2.10. The smallest absolute Gasteiger partial charge is 0.337 e. The summed E-state index contributed by atoms with van der Waals surface area (Å²) >= 11 is 0. The van der Waals surface area contributed by atoms with Crippen molar-refractivity contribution in [2.45, 2.75) is 0 Å². The van der Waals surface area contributed by atoms with Crippen LogP contribution in [0.3, 0.4) is 0 Å². The molecule has 3 aromatic rings. The normalized spacial score (nSPS) is 10.6. The molecule has 0 radical (unpaired) electrons. The lowest BCUT2D eigenvalue weighted by atomic mass is 10.1. The van der Waals surface area contributed by atoms with Crippen LogP contribution in [0.15, 0.2) is 72.8 Å². The van der Waals surface area contributed by atoms with Crippen molar-refractivity contribution in [2.75, 3.05) is 12.4 Å². The fourth-order valence-corrected chi connectivity index (χ4v) is 2.67. The van der Waals surface area contributed by atoms with Gasteiger partial charge in [-0.3, -0.25) is 4.79 Å². The molecule has 2 N–H and O–H groups in total. The van der Waals surface area contributed by atoms with E-state index in [0.29, 0.717) is 11.3 Å². The zero-order chi connectivity index (χ0) is 19.9. The van der Waals surface area contributed by atoms with Crippen molar-refractivity contribution in [3.8, 4) is 5.75 Å². The number of hydrogen-bond donors (Lipinski definition) is 2. The molecule has 0 aromatic heterocycles. The van der Waals surface area contributed by atoms with Gasteiger partial charge >= 0.3 is 5.97 Å². The maximum Gasteiger partial charge on any atom is 0.337 e. The first-order chi connectivity index (χ1) is 13.6. The maximum absolute atomic E-state index is 12.5. The van der Waals surface area contributed by atoms with Gasteiger partial charge in [0.1, 0.15) is 5.75 Å². The van der Waals surface area contributed by atoms with E-state index >= 15 is 0 Å². The number of carbonyl (C=O) groups is 2. The van der Waals surface area contributed by atoms with Crippen LogP contribution < -0.4 is 10.1 Å². The number of ether oxygens (including phenoxy) is 1. The highest BCUT2D eigenvalue weighted by Gasteiger charge is 2.14. The Balaban J connectivity index is 1.84. The molecule has 140 valence electrons. The number of carbonyl (C=O) groups excluding carboxylic acids is 1. The number of carboxylic acid groups (broad SMARTS) is 1. The van der Waals surface area contributed by atoms with E-state index < -0.39 is 11.9 Å². The molecule has 0 spiro atoms. The Morgan fingerprint density at radius 3 is 2.36 bits per heavy atom. The topological polar surface area (TPSA) is 75.6 Å². The molecule has 0 aliphatic carbocycles. The molecule has 3 aromatic carbocycles. The first-order valence-electron chi connectivity index (χ1n) is 8.62. The van der Waals surface area contributed by atoms with Crippen LogP contribution in [0.5, 0.6) is 5.75 Å². The predicted molar refractivity (Wildman–Crippen MR) is 110 cm³/mol. The Morgan fingerprint density at radius 1 is 0.893 bits per heavy atom. The van der Waals surface area contributed by atoms with Gasteiger partial charge in [0, 0.05) is 5.56 Å². The molecular formula is C23H19NO4. The van der Waals surface area contributed by atoms with Crippen LogP contribution in [0.2, 0.25) is 0 Å². The number of aromatic carboxylic acids is 1. The van der Waals surface area contributed by atoms with E-state index in [1.807, 2.05) is 42.5 Å². The number of carboxylic acids is 1. The summed E-state index contributed by atoms with van der Waals surface area (Å²) in [5.41, 5.74) is 2.36. The third-order valence-electron chi connectivity index (χ3n) is 4.12. The quantitative estimate of drug-likeness (QED) is 0.608. The average Bonchev–Trinajstić information content (AvgIpc) is 2.73. The fraction of sp³-hybridized carbons (Fsp3) is 0.0435. The summed E-state index contributed by atoms with van der Waals surface area (Å²) in [6.07, 6.45) is 3.73. The van der Waals surface area contributed by atoms with Crippen molar-refractivity contribution < 1.29 is 19.4 Å². The summed E-state index contributed by atoms with van der Waals surface area (Å²) in [6.45, 7) is 0. The largest absolute Gasteiger partial charge is 0.497 e. The number of benzene rings is 3. The molecule has 0 aliphatic heterocycles. The summed E-state index contributed by atoms with van der Waals surface area (Å²) in [4.78, 5) is 24.2. The molecule has 3 rings (SSSR count). The van der Waals surface area contributed by atoms with E-state index in [-0.39, 0.29) is 11.3 Å². The third kappa shape index (κ3) is 4.65. The highest BCUT2D eigenvalue weighted by Crippen LogP contribution is 2.21. The number of nitrogens with one attached hydrogen (secondary N) is 1. The second-order valence-corrected chi connectivity index (χ2v) is 6.04.